The van der Waals surface area contributed by atoms with Crippen LogP contribution in [0.5, 0.6) is 0 Å². The van der Waals surface area contributed by atoms with Crippen LogP contribution in [-0.4, -0.2) is 30.1 Å². The summed E-state index contributed by atoms with van der Waals surface area (Å²) in [6.45, 7) is 5.95. The number of amides is 2. The number of hydrogen-bond donors (Lipinski definition) is 1. The lowest BCUT2D eigenvalue weighted by Crippen LogP contribution is -2.49. The normalized spacial score (nSPS) is 24.1. The molecule has 98 valence electrons. The maximum atomic E-state index is 11.9. The van der Waals surface area contributed by atoms with Gasteiger partial charge in [-0.15, -0.1) is 0 Å². The molecule has 2 amide bonds. The van der Waals surface area contributed by atoms with Gasteiger partial charge in [-0.25, -0.2) is 4.79 Å². The average Bonchev–Trinajstić information content (AvgIpc) is 2.30. The molecule has 17 heavy (non-hydrogen) atoms. The summed E-state index contributed by atoms with van der Waals surface area (Å²) in [7, 11) is 0. The predicted octanol–water partition coefficient (Wildman–Crippen LogP) is 3.15. The molecule has 3 nitrogen and oxygen atoms in total. The first kappa shape index (κ1) is 12.7. The van der Waals surface area contributed by atoms with Gasteiger partial charge in [0.15, 0.2) is 0 Å². The summed E-state index contributed by atoms with van der Waals surface area (Å²) < 4.78 is 0. The molecule has 3 heteroatoms. The van der Waals surface area contributed by atoms with Gasteiger partial charge in [0.2, 0.25) is 0 Å². The van der Waals surface area contributed by atoms with Crippen LogP contribution in [0.25, 0.3) is 0 Å². The van der Waals surface area contributed by atoms with Crippen molar-refractivity contribution in [3.8, 4) is 0 Å². The third kappa shape index (κ3) is 3.14. The standard InChI is InChI=1S/C14H26N2O/c1-12(2)15-13(17)16-10-8-14(9-11-16)6-4-3-5-7-14/h12H,3-11H2,1-2H3,(H,15,17). The Balaban J connectivity index is 1.82. The molecule has 1 saturated carbocycles. The van der Waals surface area contributed by atoms with Gasteiger partial charge in [0, 0.05) is 19.1 Å². The van der Waals surface area contributed by atoms with Crippen molar-refractivity contribution in [3.63, 3.8) is 0 Å². The second-order valence-electron chi connectivity index (χ2n) is 6.15. The zero-order chi connectivity index (χ0) is 12.3. The number of carbonyl (C=O) groups is 1. The van der Waals surface area contributed by atoms with Crippen molar-refractivity contribution in [2.75, 3.05) is 13.1 Å². The molecule has 1 aliphatic carbocycles. The van der Waals surface area contributed by atoms with Gasteiger partial charge in [0.1, 0.15) is 0 Å². The van der Waals surface area contributed by atoms with Gasteiger partial charge in [-0.2, -0.15) is 0 Å². The van der Waals surface area contributed by atoms with Gasteiger partial charge >= 0.3 is 6.03 Å². The number of nitrogens with zero attached hydrogens (tertiary/aromatic N) is 1. The number of rotatable bonds is 1. The molecule has 0 radical (unpaired) electrons. The molecule has 2 aliphatic rings. The summed E-state index contributed by atoms with van der Waals surface area (Å²) >= 11 is 0. The van der Waals surface area contributed by atoms with Gasteiger partial charge in [0.05, 0.1) is 0 Å². The van der Waals surface area contributed by atoms with E-state index in [9.17, 15) is 4.79 Å². The van der Waals surface area contributed by atoms with E-state index in [1.165, 1.54) is 44.9 Å². The van der Waals surface area contributed by atoms with E-state index in [2.05, 4.69) is 5.32 Å². The maximum absolute atomic E-state index is 11.9. The molecule has 0 unspecified atom stereocenters. The number of urea groups is 1. The number of piperidine rings is 1. The van der Waals surface area contributed by atoms with Crippen molar-refractivity contribution in [2.45, 2.75) is 64.8 Å². The first-order chi connectivity index (χ1) is 8.11. The van der Waals surface area contributed by atoms with E-state index in [-0.39, 0.29) is 12.1 Å². The topological polar surface area (TPSA) is 32.3 Å². The van der Waals surface area contributed by atoms with Crippen LogP contribution in [0.1, 0.15) is 58.8 Å². The van der Waals surface area contributed by atoms with Crippen molar-refractivity contribution in [2.24, 2.45) is 5.41 Å². The van der Waals surface area contributed by atoms with E-state index in [0.29, 0.717) is 5.41 Å². The average molecular weight is 238 g/mol. The lowest BCUT2D eigenvalue weighted by atomic mass is 9.68. The van der Waals surface area contributed by atoms with Gasteiger partial charge in [-0.3, -0.25) is 0 Å². The zero-order valence-electron chi connectivity index (χ0n) is 11.3. The number of likely N-dealkylation sites (tertiary alicyclic amines) is 1. The Morgan fingerprint density at radius 2 is 1.65 bits per heavy atom. The van der Waals surface area contributed by atoms with E-state index in [1.54, 1.807) is 0 Å². The quantitative estimate of drug-likeness (QED) is 0.748. The van der Waals surface area contributed by atoms with Gasteiger partial charge in [-0.05, 0) is 44.9 Å². The van der Waals surface area contributed by atoms with Gasteiger partial charge < -0.3 is 10.2 Å². The molecule has 0 atom stereocenters. The highest BCUT2D eigenvalue weighted by Gasteiger charge is 2.36. The Hall–Kier alpha value is -0.730. The predicted molar refractivity (Wildman–Crippen MR) is 70.0 cm³/mol. The fourth-order valence-electron chi connectivity index (χ4n) is 3.32. The molecule has 0 aromatic heterocycles. The first-order valence-corrected chi connectivity index (χ1v) is 7.17. The smallest absolute Gasteiger partial charge is 0.317 e. The molecule has 2 rings (SSSR count). The van der Waals surface area contributed by atoms with E-state index in [4.69, 9.17) is 0 Å². The number of hydrogen-bond acceptors (Lipinski definition) is 1. The van der Waals surface area contributed by atoms with Crippen LogP contribution >= 0.6 is 0 Å². The fourth-order valence-corrected chi connectivity index (χ4v) is 3.32. The lowest BCUT2D eigenvalue weighted by Gasteiger charge is -2.44. The van der Waals surface area contributed by atoms with E-state index < -0.39 is 0 Å². The summed E-state index contributed by atoms with van der Waals surface area (Å²) in [5.41, 5.74) is 0.590. The van der Waals surface area contributed by atoms with Crippen LogP contribution in [-0.2, 0) is 0 Å². The summed E-state index contributed by atoms with van der Waals surface area (Å²) in [6.07, 6.45) is 9.45. The molecular formula is C14H26N2O. The van der Waals surface area contributed by atoms with Gasteiger partial charge in [0.25, 0.3) is 0 Å². The summed E-state index contributed by atoms with van der Waals surface area (Å²) in [4.78, 5) is 13.9. The highest BCUT2D eigenvalue weighted by Crippen LogP contribution is 2.44. The Morgan fingerprint density at radius 3 is 2.18 bits per heavy atom. The van der Waals surface area contributed by atoms with Crippen molar-refractivity contribution in [1.82, 2.24) is 10.2 Å². The van der Waals surface area contributed by atoms with Crippen LogP contribution in [0.2, 0.25) is 0 Å². The fraction of sp³-hybridized carbons (Fsp3) is 0.929. The van der Waals surface area contributed by atoms with E-state index in [0.717, 1.165) is 13.1 Å². The van der Waals surface area contributed by atoms with Crippen molar-refractivity contribution in [1.29, 1.82) is 0 Å². The third-order valence-electron chi connectivity index (χ3n) is 4.44. The third-order valence-corrected chi connectivity index (χ3v) is 4.44. The van der Waals surface area contributed by atoms with Crippen molar-refractivity contribution < 1.29 is 4.79 Å². The minimum absolute atomic E-state index is 0.130. The van der Waals surface area contributed by atoms with Crippen molar-refractivity contribution in [3.05, 3.63) is 0 Å². The molecule has 1 saturated heterocycles. The maximum Gasteiger partial charge on any atom is 0.317 e. The first-order valence-electron chi connectivity index (χ1n) is 7.17. The molecule has 2 fully saturated rings. The largest absolute Gasteiger partial charge is 0.336 e. The second-order valence-corrected chi connectivity index (χ2v) is 6.15. The van der Waals surface area contributed by atoms with E-state index in [1.807, 2.05) is 18.7 Å². The SMILES string of the molecule is CC(C)NC(=O)N1CCC2(CCCCC2)CC1. The lowest BCUT2D eigenvalue weighted by molar-refractivity contribution is 0.0807. The Morgan fingerprint density at radius 1 is 1.06 bits per heavy atom. The van der Waals surface area contributed by atoms with Crippen LogP contribution in [0.3, 0.4) is 0 Å². The molecule has 0 bridgehead atoms. The van der Waals surface area contributed by atoms with Crippen LogP contribution in [0.4, 0.5) is 4.79 Å². The number of carbonyl (C=O) groups excluding carboxylic acids is 1. The minimum Gasteiger partial charge on any atom is -0.336 e. The Labute approximate surface area is 105 Å². The summed E-state index contributed by atoms with van der Waals surface area (Å²) in [5.74, 6) is 0. The molecule has 1 heterocycles. The molecule has 1 N–H and O–H groups in total. The van der Waals surface area contributed by atoms with Crippen molar-refractivity contribution >= 4 is 6.03 Å². The van der Waals surface area contributed by atoms with E-state index >= 15 is 0 Å². The van der Waals surface area contributed by atoms with Crippen LogP contribution < -0.4 is 5.32 Å². The zero-order valence-corrected chi connectivity index (χ0v) is 11.3. The molecule has 0 aromatic carbocycles. The minimum atomic E-state index is 0.130. The number of nitrogens with one attached hydrogen (secondary N) is 1. The monoisotopic (exact) mass is 238 g/mol. The molecule has 0 aromatic rings. The summed E-state index contributed by atoms with van der Waals surface area (Å²) in [5, 5.41) is 2.99. The molecular weight excluding hydrogens is 212 g/mol. The molecule has 1 spiro atoms. The molecule has 1 aliphatic heterocycles. The second kappa shape index (κ2) is 5.28. The Kier molecular flexibility index (Phi) is 3.95. The highest BCUT2D eigenvalue weighted by atomic mass is 16.2. The van der Waals surface area contributed by atoms with Crippen LogP contribution in [0.15, 0.2) is 0 Å². The summed E-state index contributed by atoms with van der Waals surface area (Å²) in [6, 6.07) is 0.374. The Bertz CT molecular complexity index is 259. The van der Waals surface area contributed by atoms with Gasteiger partial charge in [-0.1, -0.05) is 19.3 Å². The van der Waals surface area contributed by atoms with Crippen LogP contribution in [0, 0.1) is 5.41 Å². The highest BCUT2D eigenvalue weighted by molar-refractivity contribution is 5.74.